The number of nitriles is 1. The summed E-state index contributed by atoms with van der Waals surface area (Å²) in [6.45, 7) is 2.62. The van der Waals surface area contributed by atoms with Crippen molar-refractivity contribution in [1.82, 2.24) is 9.78 Å². The number of benzene rings is 1. The van der Waals surface area contributed by atoms with Crippen LogP contribution in [0.5, 0.6) is 0 Å². The third-order valence-corrected chi connectivity index (χ3v) is 2.93. The molecule has 0 radical (unpaired) electrons. The van der Waals surface area contributed by atoms with Gasteiger partial charge >= 0.3 is 0 Å². The van der Waals surface area contributed by atoms with Crippen molar-refractivity contribution in [2.75, 3.05) is 11.9 Å². The van der Waals surface area contributed by atoms with Gasteiger partial charge in [-0.1, -0.05) is 30.3 Å². The average Bonchev–Trinajstić information content (AvgIpc) is 2.64. The molecule has 4 heteroatoms. The zero-order valence-electron chi connectivity index (χ0n) is 10.9. The SMILES string of the molecule is Cc1nn(C)c(N(C)Cc2ccccc2)c1C#N. The zero-order valence-corrected chi connectivity index (χ0v) is 10.9. The fraction of sp³-hybridized carbons (Fsp3) is 0.286. The number of anilines is 1. The molecule has 2 rings (SSSR count). The molecule has 1 aromatic carbocycles. The standard InChI is InChI=1S/C14H16N4/c1-11-13(9-15)14(18(3)16-11)17(2)10-12-7-5-4-6-8-12/h4-8H,10H2,1-3H3. The van der Waals surface area contributed by atoms with E-state index in [0.717, 1.165) is 18.1 Å². The number of aromatic nitrogens is 2. The maximum absolute atomic E-state index is 9.20. The van der Waals surface area contributed by atoms with Crippen LogP contribution in [0.25, 0.3) is 0 Å². The van der Waals surface area contributed by atoms with Gasteiger partial charge in [-0.05, 0) is 12.5 Å². The van der Waals surface area contributed by atoms with Crippen molar-refractivity contribution in [3.05, 3.63) is 47.2 Å². The summed E-state index contributed by atoms with van der Waals surface area (Å²) in [5.41, 5.74) is 2.63. The van der Waals surface area contributed by atoms with Gasteiger partial charge in [-0.25, -0.2) is 0 Å². The maximum atomic E-state index is 9.20. The minimum Gasteiger partial charge on any atom is -0.354 e. The van der Waals surface area contributed by atoms with E-state index in [4.69, 9.17) is 0 Å². The lowest BCUT2D eigenvalue weighted by Crippen LogP contribution is -2.20. The summed E-state index contributed by atoms with van der Waals surface area (Å²) < 4.78 is 1.76. The first-order valence-corrected chi connectivity index (χ1v) is 5.82. The highest BCUT2D eigenvalue weighted by Gasteiger charge is 2.16. The molecule has 18 heavy (non-hydrogen) atoms. The Morgan fingerprint density at radius 1 is 1.33 bits per heavy atom. The highest BCUT2D eigenvalue weighted by atomic mass is 15.4. The van der Waals surface area contributed by atoms with Crippen LogP contribution in [0, 0.1) is 18.3 Å². The smallest absolute Gasteiger partial charge is 0.145 e. The molecular weight excluding hydrogens is 224 g/mol. The second-order valence-corrected chi connectivity index (χ2v) is 4.36. The Morgan fingerprint density at radius 3 is 2.61 bits per heavy atom. The quantitative estimate of drug-likeness (QED) is 0.826. The molecular formula is C14H16N4. The van der Waals surface area contributed by atoms with Crippen LogP contribution in [0.4, 0.5) is 5.82 Å². The lowest BCUT2D eigenvalue weighted by Gasteiger charge is -2.19. The summed E-state index contributed by atoms with van der Waals surface area (Å²) >= 11 is 0. The highest BCUT2D eigenvalue weighted by Crippen LogP contribution is 2.22. The Hall–Kier alpha value is -2.28. The van der Waals surface area contributed by atoms with Gasteiger partial charge in [0.05, 0.1) is 5.69 Å². The summed E-state index contributed by atoms with van der Waals surface area (Å²) in [7, 11) is 3.84. The molecule has 0 saturated carbocycles. The van der Waals surface area contributed by atoms with Crippen molar-refractivity contribution in [2.24, 2.45) is 7.05 Å². The molecule has 0 aliphatic rings. The monoisotopic (exact) mass is 240 g/mol. The van der Waals surface area contributed by atoms with E-state index in [0.29, 0.717) is 5.56 Å². The molecule has 0 unspecified atom stereocenters. The molecule has 1 heterocycles. The fourth-order valence-electron chi connectivity index (χ4n) is 2.15. The van der Waals surface area contributed by atoms with E-state index in [9.17, 15) is 5.26 Å². The average molecular weight is 240 g/mol. The predicted octanol–water partition coefficient (Wildman–Crippen LogP) is 2.24. The van der Waals surface area contributed by atoms with Gasteiger partial charge in [0.1, 0.15) is 17.5 Å². The van der Waals surface area contributed by atoms with E-state index in [1.54, 1.807) is 4.68 Å². The first-order valence-electron chi connectivity index (χ1n) is 5.82. The second kappa shape index (κ2) is 4.92. The normalized spacial score (nSPS) is 10.1. The van der Waals surface area contributed by atoms with Crippen molar-refractivity contribution in [2.45, 2.75) is 13.5 Å². The van der Waals surface area contributed by atoms with Gasteiger partial charge in [0.15, 0.2) is 0 Å². The van der Waals surface area contributed by atoms with Gasteiger partial charge in [-0.15, -0.1) is 0 Å². The van der Waals surface area contributed by atoms with Gasteiger partial charge in [0.2, 0.25) is 0 Å². The molecule has 4 nitrogen and oxygen atoms in total. The highest BCUT2D eigenvalue weighted by molar-refractivity contribution is 5.56. The van der Waals surface area contributed by atoms with Crippen LogP contribution in [0.1, 0.15) is 16.8 Å². The van der Waals surface area contributed by atoms with Gasteiger partial charge in [-0.3, -0.25) is 4.68 Å². The number of rotatable bonds is 3. The van der Waals surface area contributed by atoms with Crippen LogP contribution in [0.3, 0.4) is 0 Å². The van der Waals surface area contributed by atoms with Gasteiger partial charge in [0, 0.05) is 20.6 Å². The van der Waals surface area contributed by atoms with E-state index in [-0.39, 0.29) is 0 Å². The third-order valence-electron chi connectivity index (χ3n) is 2.93. The predicted molar refractivity (Wildman–Crippen MR) is 71.2 cm³/mol. The summed E-state index contributed by atoms with van der Waals surface area (Å²) in [5.74, 6) is 0.860. The van der Waals surface area contributed by atoms with Crippen molar-refractivity contribution in [1.29, 1.82) is 5.26 Å². The van der Waals surface area contributed by atoms with Gasteiger partial charge < -0.3 is 4.90 Å². The van der Waals surface area contributed by atoms with E-state index in [1.165, 1.54) is 5.56 Å². The molecule has 0 N–H and O–H groups in total. The lowest BCUT2D eigenvalue weighted by atomic mass is 10.2. The zero-order chi connectivity index (χ0) is 13.1. The van der Waals surface area contributed by atoms with Crippen LogP contribution in [0.15, 0.2) is 30.3 Å². The molecule has 0 aliphatic carbocycles. The van der Waals surface area contributed by atoms with Crippen molar-refractivity contribution in [3.63, 3.8) is 0 Å². The Kier molecular flexibility index (Phi) is 3.33. The third kappa shape index (κ3) is 2.21. The van der Waals surface area contributed by atoms with E-state index in [2.05, 4.69) is 23.3 Å². The van der Waals surface area contributed by atoms with Crippen LogP contribution >= 0.6 is 0 Å². The number of aryl methyl sites for hydroxylation is 2. The summed E-state index contributed by atoms with van der Waals surface area (Å²) in [6, 6.07) is 12.4. The van der Waals surface area contributed by atoms with E-state index >= 15 is 0 Å². The van der Waals surface area contributed by atoms with Gasteiger partial charge in [-0.2, -0.15) is 10.4 Å². The molecule has 0 spiro atoms. The maximum Gasteiger partial charge on any atom is 0.145 e. The minimum absolute atomic E-state index is 0.649. The Morgan fingerprint density at radius 2 is 2.00 bits per heavy atom. The van der Waals surface area contributed by atoms with E-state index < -0.39 is 0 Å². The molecule has 1 aromatic heterocycles. The van der Waals surface area contributed by atoms with Crippen LogP contribution in [0.2, 0.25) is 0 Å². The molecule has 0 amide bonds. The first kappa shape index (κ1) is 12.2. The van der Waals surface area contributed by atoms with Crippen molar-refractivity contribution in [3.8, 4) is 6.07 Å². The minimum atomic E-state index is 0.649. The second-order valence-electron chi connectivity index (χ2n) is 4.36. The fourth-order valence-corrected chi connectivity index (χ4v) is 2.15. The summed E-state index contributed by atoms with van der Waals surface area (Å²) in [5, 5.41) is 13.5. The molecule has 92 valence electrons. The van der Waals surface area contributed by atoms with Crippen LogP contribution in [-0.2, 0) is 13.6 Å². The molecule has 2 aromatic rings. The molecule has 0 bridgehead atoms. The largest absolute Gasteiger partial charge is 0.354 e. The molecule has 0 aliphatic heterocycles. The van der Waals surface area contributed by atoms with Gasteiger partial charge in [0.25, 0.3) is 0 Å². The summed E-state index contributed by atoms with van der Waals surface area (Å²) in [4.78, 5) is 2.05. The molecule has 0 saturated heterocycles. The van der Waals surface area contributed by atoms with Crippen molar-refractivity contribution < 1.29 is 0 Å². The first-order chi connectivity index (χ1) is 8.63. The number of hydrogen-bond acceptors (Lipinski definition) is 3. The molecule has 0 atom stereocenters. The lowest BCUT2D eigenvalue weighted by molar-refractivity contribution is 0.726. The number of hydrogen-bond donors (Lipinski definition) is 0. The van der Waals surface area contributed by atoms with Crippen LogP contribution in [-0.4, -0.2) is 16.8 Å². The van der Waals surface area contributed by atoms with Crippen LogP contribution < -0.4 is 4.90 Å². The molecule has 0 fully saturated rings. The number of nitrogens with zero attached hydrogens (tertiary/aromatic N) is 4. The summed E-state index contributed by atoms with van der Waals surface area (Å²) in [6.07, 6.45) is 0. The Labute approximate surface area is 107 Å². The Bertz CT molecular complexity index is 578. The van der Waals surface area contributed by atoms with E-state index in [1.807, 2.05) is 44.1 Å². The Balaban J connectivity index is 2.30. The van der Waals surface area contributed by atoms with Crippen molar-refractivity contribution >= 4 is 5.82 Å². The topological polar surface area (TPSA) is 44.9 Å².